The molecular weight excluding hydrogens is 842 g/mol. The average Bonchev–Trinajstić information content (AvgIpc) is 3.69. The molecule has 0 aromatic heterocycles. The molecule has 3 heteroatoms. The van der Waals surface area contributed by atoms with Crippen LogP contribution in [0.4, 0.5) is 0 Å². The van der Waals surface area contributed by atoms with Gasteiger partial charge in [-0.25, -0.2) is 12.1 Å². The molecule has 0 unspecified atom stereocenters. The molecule has 2 radical (unpaired) electrons. The molecule has 0 N–H and O–H groups in total. The summed E-state index contributed by atoms with van der Waals surface area (Å²) in [6.07, 6.45) is 0. The van der Waals surface area contributed by atoms with Crippen LogP contribution in [-0.4, -0.2) is 40.4 Å². The zero-order chi connectivity index (χ0) is 29.4. The van der Waals surface area contributed by atoms with Gasteiger partial charge < -0.3 is 0 Å². The summed E-state index contributed by atoms with van der Waals surface area (Å²) in [5.74, 6) is 0. The van der Waals surface area contributed by atoms with Crippen molar-refractivity contribution in [1.82, 2.24) is 0 Å². The van der Waals surface area contributed by atoms with Crippen LogP contribution in [0.5, 0.6) is 0 Å². The van der Waals surface area contributed by atoms with Crippen molar-refractivity contribution in [1.29, 1.82) is 0 Å². The van der Waals surface area contributed by atoms with E-state index in [1.807, 2.05) is 30.3 Å². The fourth-order valence-electron chi connectivity index (χ4n) is 4.68. The summed E-state index contributed by atoms with van der Waals surface area (Å²) in [5.41, 5.74) is 0. The fourth-order valence-corrected chi connectivity index (χ4v) is 17.8. The first kappa shape index (κ1) is 33.9. The second-order valence-electron chi connectivity index (χ2n) is 9.65. The molecule has 44 heavy (non-hydrogen) atoms. The maximum absolute atomic E-state index is 2.28. The minimum absolute atomic E-state index is 0. The van der Waals surface area contributed by atoms with Gasteiger partial charge in [-0.1, -0.05) is 0 Å². The van der Waals surface area contributed by atoms with Crippen molar-refractivity contribution in [3.05, 3.63) is 212 Å². The second-order valence-corrected chi connectivity index (χ2v) is 22.3. The molecule has 7 rings (SSSR count). The fraction of sp³-hybridized carbons (Fsp3) is 0. The third kappa shape index (κ3) is 10.3. The molecule has 0 heterocycles. The van der Waals surface area contributed by atoms with Crippen LogP contribution >= 0.6 is 0 Å². The van der Waals surface area contributed by atoms with Gasteiger partial charge in [-0.15, -0.1) is 0 Å². The number of benzene rings is 6. The van der Waals surface area contributed by atoms with Gasteiger partial charge in [0, 0.05) is 20.4 Å². The van der Waals surface area contributed by atoms with E-state index >= 15 is 0 Å². The molecule has 0 aliphatic carbocycles. The minimum atomic E-state index is -1.83. The molecule has 0 amide bonds. The molecule has 7 aromatic rings. The van der Waals surface area contributed by atoms with Crippen LogP contribution < -0.4 is 21.1 Å². The monoisotopic (exact) mass is 875 g/mol. The van der Waals surface area contributed by atoms with Crippen molar-refractivity contribution in [2.75, 3.05) is 0 Å². The Bertz CT molecular complexity index is 1350. The van der Waals surface area contributed by atoms with Crippen LogP contribution in [0, 0.1) is 0 Å². The first-order chi connectivity index (χ1) is 21.4. The Labute approximate surface area is 291 Å². The van der Waals surface area contributed by atoms with Gasteiger partial charge in [0.2, 0.25) is 0 Å². The molecule has 0 spiro atoms. The Morgan fingerprint density at radius 1 is 0.250 bits per heavy atom. The van der Waals surface area contributed by atoms with E-state index in [9.17, 15) is 0 Å². The molecule has 0 aliphatic rings. The Morgan fingerprint density at radius 2 is 0.432 bits per heavy atom. The third-order valence-electron chi connectivity index (χ3n) is 6.64. The molecule has 218 valence electrons. The molecule has 0 atom stereocenters. The summed E-state index contributed by atoms with van der Waals surface area (Å²) in [6, 6.07) is 75.8. The first-order valence-corrected chi connectivity index (χ1v) is 22.1. The molecule has 0 saturated heterocycles. The zero-order valence-electron chi connectivity index (χ0n) is 24.4. The summed E-state index contributed by atoms with van der Waals surface area (Å²) in [5, 5.41) is 0. The van der Waals surface area contributed by atoms with Gasteiger partial charge in [-0.3, -0.25) is 0 Å². The number of hydrogen-bond acceptors (Lipinski definition) is 0. The van der Waals surface area contributed by atoms with Gasteiger partial charge >= 0.3 is 243 Å². The van der Waals surface area contributed by atoms with Crippen LogP contribution in [-0.2, 0) is 20.4 Å². The van der Waals surface area contributed by atoms with Crippen molar-refractivity contribution < 1.29 is 20.4 Å². The van der Waals surface area contributed by atoms with Crippen LogP contribution in [0.15, 0.2) is 212 Å². The van der Waals surface area contributed by atoms with Crippen LogP contribution in [0.2, 0.25) is 0 Å². The predicted molar refractivity (Wildman–Crippen MR) is 190 cm³/mol. The van der Waals surface area contributed by atoms with E-state index in [1.54, 1.807) is 0 Å². The van der Waals surface area contributed by atoms with Gasteiger partial charge in [-0.05, 0) is 0 Å². The van der Waals surface area contributed by atoms with E-state index in [0.29, 0.717) is 0 Å². The van der Waals surface area contributed by atoms with E-state index in [1.165, 1.54) is 21.1 Å². The Kier molecular flexibility index (Phi) is 14.9. The van der Waals surface area contributed by atoms with Crippen LogP contribution in [0.1, 0.15) is 0 Å². The number of rotatable bonds is 6. The number of hydrogen-bond donors (Lipinski definition) is 0. The first-order valence-electron chi connectivity index (χ1n) is 14.5. The van der Waals surface area contributed by atoms with Crippen molar-refractivity contribution in [2.24, 2.45) is 0 Å². The van der Waals surface area contributed by atoms with E-state index in [4.69, 9.17) is 0 Å². The van der Waals surface area contributed by atoms with E-state index in [-0.39, 0.29) is 20.4 Å². The molecule has 0 nitrogen and oxygen atoms in total. The predicted octanol–water partition coefficient (Wildman–Crippen LogP) is 5.81. The quantitative estimate of drug-likeness (QED) is 0.146. The molecule has 0 fully saturated rings. The maximum atomic E-state index is 2.28. The summed E-state index contributed by atoms with van der Waals surface area (Å²) in [6.45, 7) is 0. The van der Waals surface area contributed by atoms with Crippen LogP contribution in [0.25, 0.3) is 0 Å². The van der Waals surface area contributed by atoms with E-state index < -0.39 is 40.4 Å². The summed E-state index contributed by atoms with van der Waals surface area (Å²) < 4.78 is 9.10. The van der Waals surface area contributed by atoms with E-state index in [0.717, 1.165) is 0 Å². The molecule has 0 aliphatic heterocycles. The van der Waals surface area contributed by atoms with Gasteiger partial charge in [0.1, 0.15) is 0 Å². The molecular formula is C41H35PdSb2+. The Hall–Kier alpha value is -3.03. The average molecular weight is 878 g/mol. The molecule has 0 bridgehead atoms. The van der Waals surface area contributed by atoms with E-state index in [2.05, 4.69) is 182 Å². The van der Waals surface area contributed by atoms with Crippen molar-refractivity contribution >= 4 is 61.5 Å². The Morgan fingerprint density at radius 3 is 0.568 bits per heavy atom. The van der Waals surface area contributed by atoms with Gasteiger partial charge in [0.05, 0.1) is 0 Å². The van der Waals surface area contributed by atoms with Crippen molar-refractivity contribution in [2.45, 2.75) is 0 Å². The molecule has 0 saturated carbocycles. The second kappa shape index (κ2) is 19.4. The van der Waals surface area contributed by atoms with Crippen molar-refractivity contribution in [3.8, 4) is 0 Å². The summed E-state index contributed by atoms with van der Waals surface area (Å²) in [7, 11) is 0. The Balaban J connectivity index is 0.000000170. The third-order valence-corrected chi connectivity index (χ3v) is 20.6. The summed E-state index contributed by atoms with van der Waals surface area (Å²) in [4.78, 5) is 0. The van der Waals surface area contributed by atoms with Gasteiger partial charge in [0.15, 0.2) is 0 Å². The normalized spacial score (nSPS) is 10.0. The SMILES string of the molecule is [Pd].c1cc[cH-]c1.c1cc[c]([Sb+]([c]2ccccc2)[c]2ccccc2)cc1.c1cc[c]([Sb+]([c]2ccccc2)[c]2ccccc2)cc1. The van der Waals surface area contributed by atoms with Crippen molar-refractivity contribution in [3.63, 3.8) is 0 Å². The summed E-state index contributed by atoms with van der Waals surface area (Å²) >= 11 is -3.65. The molecule has 7 aromatic carbocycles. The zero-order valence-corrected chi connectivity index (χ0v) is 31.1. The van der Waals surface area contributed by atoms with Gasteiger partial charge in [-0.2, -0.15) is 18.2 Å². The van der Waals surface area contributed by atoms with Crippen LogP contribution in [0.3, 0.4) is 0 Å². The van der Waals surface area contributed by atoms with Gasteiger partial charge in [0.25, 0.3) is 0 Å². The topological polar surface area (TPSA) is 0 Å². The standard InChI is InChI=1S/6C6H5.C5H5.Pd.2Sb/c6*1-2-4-6-5-3-1;1-2-4-5-3-1;;;/h6*1-5H;1-5H;;;/q;;;;;;-1;;2*+1.